The number of β-amino-alcohol motifs (C(OH)–C–C–N with tert-alkyl or cyclic N) is 1. The highest BCUT2D eigenvalue weighted by Gasteiger charge is 2.74. The second-order valence-electron chi connectivity index (χ2n) is 10.8. The molecule has 36 heavy (non-hydrogen) atoms. The SMILES string of the molecule is C=CCN(C(=O)[C@@H]1[C@@H]2CCC3(S2)C(C(=O)N(CC=C)C(C)(C)C)N(CCO)C(=O)[C@H]13)c1ccccc1. The van der Waals surface area contributed by atoms with Gasteiger partial charge in [-0.3, -0.25) is 14.4 Å². The Kier molecular flexibility index (Phi) is 7.40. The second-order valence-corrected chi connectivity index (χ2v) is 12.4. The van der Waals surface area contributed by atoms with Gasteiger partial charge in [-0.1, -0.05) is 30.4 Å². The monoisotopic (exact) mass is 511 g/mol. The third-order valence-electron chi connectivity index (χ3n) is 7.69. The third-order valence-corrected chi connectivity index (χ3v) is 9.64. The maximum absolute atomic E-state index is 14.2. The molecule has 3 heterocycles. The zero-order valence-electron chi connectivity index (χ0n) is 21.4. The molecule has 0 aliphatic carbocycles. The van der Waals surface area contributed by atoms with Gasteiger partial charge in [-0.2, -0.15) is 0 Å². The van der Waals surface area contributed by atoms with Gasteiger partial charge >= 0.3 is 0 Å². The normalized spacial score (nSPS) is 28.7. The van der Waals surface area contributed by atoms with Crippen LogP contribution < -0.4 is 4.90 Å². The number of aliphatic hydroxyl groups is 1. The minimum absolute atomic E-state index is 0.0310. The van der Waals surface area contributed by atoms with Gasteiger partial charge in [-0.05, 0) is 45.7 Å². The Morgan fingerprint density at radius 3 is 2.42 bits per heavy atom. The molecule has 0 radical (unpaired) electrons. The van der Waals surface area contributed by atoms with E-state index in [9.17, 15) is 19.5 Å². The van der Waals surface area contributed by atoms with Gasteiger partial charge in [-0.15, -0.1) is 24.9 Å². The Balaban J connectivity index is 1.75. The fourth-order valence-electron chi connectivity index (χ4n) is 6.27. The van der Waals surface area contributed by atoms with Crippen LogP contribution in [-0.4, -0.2) is 80.4 Å². The van der Waals surface area contributed by atoms with Gasteiger partial charge in [0.05, 0.1) is 23.2 Å². The maximum atomic E-state index is 14.2. The van der Waals surface area contributed by atoms with Gasteiger partial charge in [0.2, 0.25) is 17.7 Å². The molecule has 1 aromatic rings. The molecule has 8 heteroatoms. The van der Waals surface area contributed by atoms with Crippen molar-refractivity contribution in [3.8, 4) is 0 Å². The van der Waals surface area contributed by atoms with E-state index < -0.39 is 28.2 Å². The van der Waals surface area contributed by atoms with Crippen LogP contribution in [0.25, 0.3) is 0 Å². The summed E-state index contributed by atoms with van der Waals surface area (Å²) >= 11 is 1.64. The molecule has 1 aromatic carbocycles. The van der Waals surface area contributed by atoms with Crippen molar-refractivity contribution in [1.82, 2.24) is 9.80 Å². The van der Waals surface area contributed by atoms with Crippen molar-refractivity contribution in [2.45, 2.75) is 55.2 Å². The molecule has 0 saturated carbocycles. The second kappa shape index (κ2) is 10.1. The molecular formula is C28H37N3O4S. The van der Waals surface area contributed by atoms with Crippen LogP contribution in [0, 0.1) is 11.8 Å². The molecule has 3 amide bonds. The Morgan fingerprint density at radius 2 is 1.83 bits per heavy atom. The lowest BCUT2D eigenvalue weighted by Gasteiger charge is -2.42. The van der Waals surface area contributed by atoms with Crippen molar-refractivity contribution in [3.63, 3.8) is 0 Å². The van der Waals surface area contributed by atoms with Crippen LogP contribution in [0.3, 0.4) is 0 Å². The molecule has 7 nitrogen and oxygen atoms in total. The van der Waals surface area contributed by atoms with Crippen molar-refractivity contribution in [2.75, 3.05) is 31.1 Å². The van der Waals surface area contributed by atoms with E-state index in [-0.39, 0.29) is 36.1 Å². The van der Waals surface area contributed by atoms with Crippen LogP contribution in [0.5, 0.6) is 0 Å². The maximum Gasteiger partial charge on any atom is 0.247 e. The largest absolute Gasteiger partial charge is 0.395 e. The van der Waals surface area contributed by atoms with Crippen molar-refractivity contribution in [1.29, 1.82) is 0 Å². The molecule has 3 aliphatic rings. The molecule has 0 aromatic heterocycles. The summed E-state index contributed by atoms with van der Waals surface area (Å²) < 4.78 is -0.685. The number of anilines is 1. The lowest BCUT2D eigenvalue weighted by Crippen LogP contribution is -2.59. The number of carbonyl (C=O) groups excluding carboxylic acids is 3. The molecule has 5 atom stereocenters. The molecule has 194 valence electrons. The molecule has 4 rings (SSSR count). The van der Waals surface area contributed by atoms with Crippen molar-refractivity contribution in [2.24, 2.45) is 11.8 Å². The number of fused-ring (bicyclic) bond motifs is 1. The Bertz CT molecular complexity index is 1040. The van der Waals surface area contributed by atoms with Gasteiger partial charge in [0.1, 0.15) is 6.04 Å². The summed E-state index contributed by atoms with van der Waals surface area (Å²) in [6.07, 6.45) is 4.86. The topological polar surface area (TPSA) is 81.2 Å². The number of aliphatic hydroxyl groups excluding tert-OH is 1. The van der Waals surface area contributed by atoms with Gasteiger partial charge in [0, 0.05) is 36.1 Å². The number of thioether (sulfide) groups is 1. The van der Waals surface area contributed by atoms with Crippen molar-refractivity contribution in [3.05, 3.63) is 55.6 Å². The molecule has 2 unspecified atom stereocenters. The van der Waals surface area contributed by atoms with Gasteiger partial charge < -0.3 is 19.8 Å². The third kappa shape index (κ3) is 4.18. The molecule has 3 fully saturated rings. The number of likely N-dealkylation sites (tertiary alicyclic amines) is 1. The van der Waals surface area contributed by atoms with Crippen LogP contribution in [0.2, 0.25) is 0 Å². The molecule has 2 bridgehead atoms. The zero-order chi connectivity index (χ0) is 26.3. The molecule has 3 aliphatic heterocycles. The minimum atomic E-state index is -0.723. The summed E-state index contributed by atoms with van der Waals surface area (Å²) in [7, 11) is 0. The van der Waals surface area contributed by atoms with Crippen molar-refractivity contribution < 1.29 is 19.5 Å². The average Bonchev–Trinajstić information content (AvgIpc) is 3.48. The Hall–Kier alpha value is -2.58. The number of amides is 3. The first-order chi connectivity index (χ1) is 17.1. The van der Waals surface area contributed by atoms with Crippen LogP contribution in [0.1, 0.15) is 33.6 Å². The fraction of sp³-hybridized carbons (Fsp3) is 0.536. The summed E-state index contributed by atoms with van der Waals surface area (Å²) in [6.45, 7) is 14.1. The summed E-state index contributed by atoms with van der Waals surface area (Å²) in [5, 5.41) is 9.80. The Labute approximate surface area is 218 Å². The average molecular weight is 512 g/mol. The highest BCUT2D eigenvalue weighted by molar-refractivity contribution is 8.02. The first-order valence-corrected chi connectivity index (χ1v) is 13.5. The molecule has 1 N–H and O–H groups in total. The number of para-hydroxylation sites is 1. The molecule has 1 spiro atoms. The van der Waals surface area contributed by atoms with E-state index in [1.165, 1.54) is 0 Å². The number of hydrogen-bond acceptors (Lipinski definition) is 5. The van der Waals surface area contributed by atoms with Gasteiger partial charge in [-0.25, -0.2) is 0 Å². The van der Waals surface area contributed by atoms with Crippen molar-refractivity contribution >= 4 is 35.2 Å². The van der Waals surface area contributed by atoms with Gasteiger partial charge in [0.25, 0.3) is 0 Å². The van der Waals surface area contributed by atoms with E-state index in [2.05, 4.69) is 13.2 Å². The number of rotatable bonds is 9. The Morgan fingerprint density at radius 1 is 1.17 bits per heavy atom. The predicted molar refractivity (Wildman–Crippen MR) is 144 cm³/mol. The summed E-state index contributed by atoms with van der Waals surface area (Å²) in [5.74, 6) is -1.57. The predicted octanol–water partition coefficient (Wildman–Crippen LogP) is 3.10. The van der Waals surface area contributed by atoms with E-state index in [0.717, 1.165) is 12.1 Å². The smallest absolute Gasteiger partial charge is 0.247 e. The van der Waals surface area contributed by atoms with E-state index >= 15 is 0 Å². The van der Waals surface area contributed by atoms with E-state index in [0.29, 0.717) is 19.5 Å². The molecule has 3 saturated heterocycles. The van der Waals surface area contributed by atoms with Crippen LogP contribution >= 0.6 is 11.8 Å². The summed E-state index contributed by atoms with van der Waals surface area (Å²) in [5.41, 5.74) is 0.290. The molecular weight excluding hydrogens is 474 g/mol. The van der Waals surface area contributed by atoms with Crippen LogP contribution in [0.4, 0.5) is 5.69 Å². The van der Waals surface area contributed by atoms with E-state index in [4.69, 9.17) is 0 Å². The lowest BCUT2D eigenvalue weighted by atomic mass is 9.70. The van der Waals surface area contributed by atoms with E-state index in [1.54, 1.807) is 38.6 Å². The first kappa shape index (κ1) is 26.5. The standard InChI is InChI=1S/C28H37N3O4S/c1-6-15-29(19-11-9-8-10-12-19)24(33)21-20-13-14-28(36-20)22(21)25(34)30(17-18-32)23(28)26(35)31(16-7-2)27(3,4)5/h6-12,20-23,32H,1-2,13-18H2,3-5H3/t20-,21+,22-,23?,28?/m0/s1. The highest BCUT2D eigenvalue weighted by Crippen LogP contribution is 2.66. The number of carbonyl (C=O) groups is 3. The zero-order valence-corrected chi connectivity index (χ0v) is 22.2. The summed E-state index contributed by atoms with van der Waals surface area (Å²) in [4.78, 5) is 47.2. The van der Waals surface area contributed by atoms with Crippen LogP contribution in [-0.2, 0) is 14.4 Å². The number of benzene rings is 1. The minimum Gasteiger partial charge on any atom is -0.395 e. The van der Waals surface area contributed by atoms with Crippen LogP contribution in [0.15, 0.2) is 55.6 Å². The lowest BCUT2D eigenvalue weighted by molar-refractivity contribution is -0.145. The number of nitrogens with zero attached hydrogens (tertiary/aromatic N) is 3. The first-order valence-electron chi connectivity index (χ1n) is 12.6. The quantitative estimate of drug-likeness (QED) is 0.516. The highest BCUT2D eigenvalue weighted by atomic mass is 32.2. The van der Waals surface area contributed by atoms with Gasteiger partial charge in [0.15, 0.2) is 0 Å². The van der Waals surface area contributed by atoms with E-state index in [1.807, 2.05) is 51.1 Å². The fourth-order valence-corrected chi connectivity index (χ4v) is 8.48. The summed E-state index contributed by atoms with van der Waals surface area (Å²) in [6, 6.07) is 8.71. The number of hydrogen-bond donors (Lipinski definition) is 1.